The third-order valence-electron chi connectivity index (χ3n) is 3.80. The van der Waals surface area contributed by atoms with Gasteiger partial charge in [-0.15, -0.1) is 0 Å². The van der Waals surface area contributed by atoms with Crippen LogP contribution in [0.4, 0.5) is 0 Å². The number of nitrogens with two attached hydrogens (primary N) is 1. The molecule has 0 aromatic rings. The predicted molar refractivity (Wildman–Crippen MR) is 122 cm³/mol. The number of hydrogen-bond acceptors (Lipinski definition) is 4. The minimum atomic E-state index is -3.38. The molecule has 17 heteroatoms. The van der Waals surface area contributed by atoms with Crippen molar-refractivity contribution in [2.45, 2.75) is 0 Å². The Bertz CT molecular complexity index is 454. The van der Waals surface area contributed by atoms with Gasteiger partial charge in [-0.1, -0.05) is 0 Å². The monoisotopic (exact) mass is 453 g/mol. The molecule has 0 aliphatic heterocycles. The molecule has 13 nitrogen and oxygen atoms in total. The Morgan fingerprint density at radius 1 is 0.462 bits per heavy atom. The van der Waals surface area contributed by atoms with Gasteiger partial charge in [-0.25, -0.2) is 0 Å². The van der Waals surface area contributed by atoms with Gasteiger partial charge in [0.1, 0.15) is 0 Å². The molecule has 0 aliphatic rings. The van der Waals surface area contributed by atoms with Crippen molar-refractivity contribution in [3.8, 4) is 0 Å². The average molecular weight is 453 g/mol. The molecule has 26 heavy (non-hydrogen) atoms. The molecule has 0 unspecified atom stereocenters. The molecule has 160 valence electrons. The predicted octanol–water partition coefficient (Wildman–Crippen LogP) is 0.168. The van der Waals surface area contributed by atoms with E-state index >= 15 is 0 Å². The maximum absolute atomic E-state index is 6.80. The molecule has 0 heterocycles. The normalized spacial score (nSPS) is 14.2. The molecule has 11 N–H and O–H groups in total. The molecule has 0 amide bonds. The SMILES string of the molecule is CNP(=N[PH](N)(N=P(NC)(NC)NC)N=P(NC)(NC)NC)(NC)NC. The van der Waals surface area contributed by atoms with Gasteiger partial charge in [0.15, 0.2) is 0 Å². The number of rotatable bonds is 12. The summed E-state index contributed by atoms with van der Waals surface area (Å²) in [6, 6.07) is 0. The van der Waals surface area contributed by atoms with Crippen LogP contribution >= 0.6 is 30.4 Å². The van der Waals surface area contributed by atoms with Crippen LogP contribution in [0, 0.1) is 0 Å². The van der Waals surface area contributed by atoms with E-state index in [-0.39, 0.29) is 0 Å². The van der Waals surface area contributed by atoms with E-state index < -0.39 is 30.4 Å². The molecule has 0 rings (SSSR count). The van der Waals surface area contributed by atoms with Gasteiger partial charge in [-0.05, 0) is 0 Å². The molecule has 0 aromatic carbocycles. The molecule has 0 spiro atoms. The second-order valence-corrected chi connectivity index (χ2v) is 16.5. The average Bonchev–Trinajstić information content (AvgIpc) is 2.69. The fourth-order valence-corrected chi connectivity index (χ4v) is 14.6. The van der Waals surface area contributed by atoms with Crippen LogP contribution in [0.15, 0.2) is 13.5 Å². The molecule has 0 aromatic heterocycles. The van der Waals surface area contributed by atoms with Gasteiger partial charge < -0.3 is 0 Å². The molecule has 0 aliphatic carbocycles. The van der Waals surface area contributed by atoms with Crippen molar-refractivity contribution >= 4 is 30.4 Å². The molecule has 0 radical (unpaired) electrons. The molecule has 0 saturated carbocycles. The third kappa shape index (κ3) is 6.65. The third-order valence-corrected chi connectivity index (χ3v) is 16.8. The van der Waals surface area contributed by atoms with Crippen molar-refractivity contribution in [1.29, 1.82) is 0 Å². The van der Waals surface area contributed by atoms with E-state index in [2.05, 4.69) is 45.8 Å². The molecule has 0 bridgehead atoms. The summed E-state index contributed by atoms with van der Waals surface area (Å²) in [6.45, 7) is 0. The van der Waals surface area contributed by atoms with Crippen molar-refractivity contribution in [3.63, 3.8) is 0 Å². The van der Waals surface area contributed by atoms with Crippen molar-refractivity contribution in [2.75, 3.05) is 63.4 Å². The van der Waals surface area contributed by atoms with E-state index in [4.69, 9.17) is 19.1 Å². The fourth-order valence-electron chi connectivity index (χ4n) is 2.18. The first-order valence-electron chi connectivity index (χ1n) is 8.07. The molecule has 0 fully saturated rings. The second kappa shape index (κ2) is 11.7. The number of hydrogen-bond donors (Lipinski definition) is 10. The topological polar surface area (TPSA) is 171 Å². The van der Waals surface area contributed by atoms with Crippen LogP contribution in [0.2, 0.25) is 0 Å². The Morgan fingerprint density at radius 3 is 0.731 bits per heavy atom. The van der Waals surface area contributed by atoms with Gasteiger partial charge in [-0.2, -0.15) is 0 Å². The zero-order valence-electron chi connectivity index (χ0n) is 17.3. The second-order valence-electron chi connectivity index (χ2n) is 4.91. The summed E-state index contributed by atoms with van der Waals surface area (Å²) >= 11 is 0. The van der Waals surface area contributed by atoms with Gasteiger partial charge in [0.05, 0.1) is 0 Å². The Balaban J connectivity index is 6.99. The van der Waals surface area contributed by atoms with E-state index in [1.807, 2.05) is 63.4 Å². The summed E-state index contributed by atoms with van der Waals surface area (Å²) in [5.74, 6) is 0. The van der Waals surface area contributed by atoms with Crippen LogP contribution < -0.4 is 51.3 Å². The van der Waals surface area contributed by atoms with Crippen LogP contribution in [0.25, 0.3) is 0 Å². The van der Waals surface area contributed by atoms with Gasteiger partial charge in [0, 0.05) is 0 Å². The first kappa shape index (κ1) is 26.7. The Labute approximate surface area is 159 Å². The summed E-state index contributed by atoms with van der Waals surface area (Å²) in [5.41, 5.74) is 6.80. The van der Waals surface area contributed by atoms with Gasteiger partial charge >= 0.3 is 159 Å². The quantitative estimate of drug-likeness (QED) is 0.184. The molecular weight excluding hydrogens is 414 g/mol. The Hall–Kier alpha value is 0.720. The first-order chi connectivity index (χ1) is 12.2. The van der Waals surface area contributed by atoms with Crippen molar-refractivity contribution in [3.05, 3.63) is 0 Å². The van der Waals surface area contributed by atoms with E-state index in [0.29, 0.717) is 0 Å². The van der Waals surface area contributed by atoms with Crippen molar-refractivity contribution in [1.82, 2.24) is 45.8 Å². The standard InChI is InChI=1S/C9H39N13P4/c1-11-24(12-2,13-3)20-23(10,21-25(14-4,15-5)16-6)22-26(17-7,18-8)19-9/h11-19,23H,10H2,1-9H3. The van der Waals surface area contributed by atoms with Crippen molar-refractivity contribution in [2.24, 2.45) is 19.1 Å². The number of nitrogens with one attached hydrogen (secondary N) is 9. The fraction of sp³-hybridized carbons (Fsp3) is 1.00. The minimum absolute atomic E-state index is 1.83. The van der Waals surface area contributed by atoms with Gasteiger partial charge in [0.2, 0.25) is 0 Å². The van der Waals surface area contributed by atoms with E-state index in [1.54, 1.807) is 0 Å². The summed E-state index contributed by atoms with van der Waals surface area (Å²) in [7, 11) is 6.14. The zero-order chi connectivity index (χ0) is 20.5. The van der Waals surface area contributed by atoms with Crippen molar-refractivity contribution < 1.29 is 0 Å². The number of nitrogens with zero attached hydrogens (tertiary/aromatic N) is 3. The Morgan fingerprint density at radius 2 is 0.615 bits per heavy atom. The van der Waals surface area contributed by atoms with Crippen LogP contribution in [-0.4, -0.2) is 63.4 Å². The summed E-state index contributed by atoms with van der Waals surface area (Å²) in [5, 5.41) is 28.9. The van der Waals surface area contributed by atoms with E-state index in [1.165, 1.54) is 0 Å². The zero-order valence-corrected chi connectivity index (χ0v) is 20.9. The summed E-state index contributed by atoms with van der Waals surface area (Å²) in [6.07, 6.45) is 0. The van der Waals surface area contributed by atoms with Crippen LogP contribution in [0.3, 0.4) is 0 Å². The molecular formula is C9H39N13P4. The van der Waals surface area contributed by atoms with E-state index in [0.717, 1.165) is 0 Å². The van der Waals surface area contributed by atoms with Gasteiger partial charge in [-0.3, -0.25) is 0 Å². The Kier molecular flexibility index (Phi) is 12.0. The first-order valence-corrected chi connectivity index (χ1v) is 15.2. The van der Waals surface area contributed by atoms with Crippen LogP contribution in [-0.2, 0) is 0 Å². The van der Waals surface area contributed by atoms with E-state index in [9.17, 15) is 0 Å². The van der Waals surface area contributed by atoms with Crippen LogP contribution in [0.1, 0.15) is 0 Å². The molecule has 0 saturated heterocycles. The summed E-state index contributed by atoms with van der Waals surface area (Å²) < 4.78 is 14.8. The maximum atomic E-state index is 6.80. The van der Waals surface area contributed by atoms with Crippen LogP contribution in [0.5, 0.6) is 0 Å². The summed E-state index contributed by atoms with van der Waals surface area (Å²) in [4.78, 5) is 0. The molecule has 0 atom stereocenters. The van der Waals surface area contributed by atoms with Gasteiger partial charge in [0.25, 0.3) is 0 Å².